The van der Waals surface area contributed by atoms with Gasteiger partial charge in [0.25, 0.3) is 0 Å². The molecule has 0 bridgehead atoms. The summed E-state index contributed by atoms with van der Waals surface area (Å²) in [6.45, 7) is 5.42. The maximum Gasteiger partial charge on any atom is 0.185 e. The fourth-order valence-electron chi connectivity index (χ4n) is 3.35. The summed E-state index contributed by atoms with van der Waals surface area (Å²) in [6.07, 6.45) is 8.51. The number of hydrogen-bond acceptors (Lipinski definition) is 8. The number of fused-ring (bicyclic) bond motifs is 2. The van der Waals surface area contributed by atoms with Crippen molar-refractivity contribution >= 4 is 34.0 Å². The molecule has 4 heterocycles. The van der Waals surface area contributed by atoms with E-state index in [4.69, 9.17) is 0 Å². The molecule has 1 aromatic carbocycles. The summed E-state index contributed by atoms with van der Waals surface area (Å²) < 4.78 is 3.60. The molecule has 0 atom stereocenters. The quantitative estimate of drug-likeness (QED) is 0.382. The smallest absolute Gasteiger partial charge is 0.185 e. The van der Waals surface area contributed by atoms with Crippen LogP contribution in [0.25, 0.3) is 22.3 Å². The molecule has 0 fully saturated rings. The Kier molecular flexibility index (Phi) is 5.16. The lowest BCUT2D eigenvalue weighted by atomic mass is 10.2. The first-order valence-corrected chi connectivity index (χ1v) is 10.2. The molecule has 0 aliphatic carbocycles. The number of imidazole rings is 2. The molecule has 5 rings (SSSR count). The highest BCUT2D eigenvalue weighted by Crippen LogP contribution is 2.22. The van der Waals surface area contributed by atoms with Crippen molar-refractivity contribution in [1.29, 1.82) is 0 Å². The number of allylic oxidation sites excluding steroid dienone is 1. The lowest BCUT2D eigenvalue weighted by Gasteiger charge is -2.08. The minimum Gasteiger partial charge on any atom is -0.365 e. The van der Waals surface area contributed by atoms with E-state index in [1.807, 2.05) is 18.2 Å². The Labute approximate surface area is 184 Å². The van der Waals surface area contributed by atoms with Gasteiger partial charge in [-0.2, -0.15) is 0 Å². The van der Waals surface area contributed by atoms with Crippen LogP contribution in [0.15, 0.2) is 67.3 Å². The van der Waals surface area contributed by atoms with Crippen molar-refractivity contribution in [3.63, 3.8) is 0 Å². The highest BCUT2D eigenvalue weighted by molar-refractivity contribution is 5.85. The number of nitrogens with one attached hydrogen (secondary N) is 2. The zero-order valence-corrected chi connectivity index (χ0v) is 17.8. The van der Waals surface area contributed by atoms with E-state index in [0.717, 1.165) is 5.56 Å². The van der Waals surface area contributed by atoms with Crippen LogP contribution in [0.5, 0.6) is 0 Å². The molecule has 0 saturated heterocycles. The van der Waals surface area contributed by atoms with Gasteiger partial charge in [0.05, 0.1) is 0 Å². The van der Waals surface area contributed by atoms with Gasteiger partial charge in [-0.3, -0.25) is 0 Å². The first-order chi connectivity index (χ1) is 15.7. The van der Waals surface area contributed by atoms with Gasteiger partial charge in [-0.15, -0.1) is 0 Å². The molecule has 10 nitrogen and oxygen atoms in total. The van der Waals surface area contributed by atoms with Gasteiger partial charge >= 0.3 is 0 Å². The monoisotopic (exact) mass is 426 g/mol. The second-order valence-electron chi connectivity index (χ2n) is 7.47. The number of anilines is 2. The van der Waals surface area contributed by atoms with Crippen LogP contribution >= 0.6 is 0 Å². The van der Waals surface area contributed by atoms with Crippen molar-refractivity contribution in [2.45, 2.75) is 20.4 Å². The van der Waals surface area contributed by atoms with E-state index in [0.29, 0.717) is 47.1 Å². The van der Waals surface area contributed by atoms with Crippen LogP contribution in [0.4, 0.5) is 11.6 Å². The normalized spacial score (nSPS) is 11.1. The van der Waals surface area contributed by atoms with E-state index in [-0.39, 0.29) is 0 Å². The molecule has 32 heavy (non-hydrogen) atoms. The molecule has 160 valence electrons. The largest absolute Gasteiger partial charge is 0.365 e. The zero-order chi connectivity index (χ0) is 21.9. The molecule has 0 radical (unpaired) electrons. The summed E-state index contributed by atoms with van der Waals surface area (Å²) in [7, 11) is 0. The molecule has 10 heteroatoms. The van der Waals surface area contributed by atoms with Gasteiger partial charge in [0.2, 0.25) is 0 Å². The van der Waals surface area contributed by atoms with Gasteiger partial charge in [0.15, 0.2) is 34.0 Å². The summed E-state index contributed by atoms with van der Waals surface area (Å²) in [5.41, 5.74) is 5.02. The van der Waals surface area contributed by atoms with E-state index in [1.54, 1.807) is 22.0 Å². The number of rotatable bonds is 7. The van der Waals surface area contributed by atoms with E-state index < -0.39 is 0 Å². The average molecular weight is 426 g/mol. The number of benzene rings is 1. The Bertz CT molecular complexity index is 1400. The molecule has 0 amide bonds. The van der Waals surface area contributed by atoms with Crippen LogP contribution in [-0.2, 0) is 6.54 Å². The van der Waals surface area contributed by atoms with Crippen molar-refractivity contribution in [1.82, 2.24) is 39.3 Å². The predicted octanol–water partition coefficient (Wildman–Crippen LogP) is 3.27. The van der Waals surface area contributed by atoms with Crippen LogP contribution in [0, 0.1) is 0 Å². The first-order valence-electron chi connectivity index (χ1n) is 10.2. The molecule has 0 spiro atoms. The minimum atomic E-state index is 0.641. The second-order valence-corrected chi connectivity index (χ2v) is 7.47. The standard InChI is InChI=1S/C22H22N10/c1-15(2)8-9-23-19-17-21(27-11-25-19)31(13-29-17)32-14-30-18-20(26-12-28-22(18)32)24-10-16-6-4-3-5-7-16/h3-8,11-14H,9-10H2,1-2H3,(H,23,25,27)(H,24,26,28). The zero-order valence-electron chi connectivity index (χ0n) is 17.8. The molecular weight excluding hydrogens is 404 g/mol. The molecule has 0 aliphatic heterocycles. The highest BCUT2D eigenvalue weighted by atomic mass is 15.5. The van der Waals surface area contributed by atoms with E-state index in [2.05, 4.69) is 72.6 Å². The molecule has 0 saturated carbocycles. The van der Waals surface area contributed by atoms with Gasteiger partial charge in [-0.05, 0) is 19.4 Å². The van der Waals surface area contributed by atoms with Gasteiger partial charge < -0.3 is 10.6 Å². The predicted molar refractivity (Wildman–Crippen MR) is 123 cm³/mol. The number of aromatic nitrogens is 8. The lowest BCUT2D eigenvalue weighted by molar-refractivity contribution is 0.687. The Morgan fingerprint density at radius 2 is 1.38 bits per heavy atom. The van der Waals surface area contributed by atoms with Crippen LogP contribution in [-0.4, -0.2) is 45.8 Å². The third-order valence-electron chi connectivity index (χ3n) is 4.95. The Morgan fingerprint density at radius 1 is 0.781 bits per heavy atom. The Hall–Kier alpha value is -4.34. The molecule has 5 aromatic rings. The summed E-state index contributed by atoms with van der Waals surface area (Å²) in [5, 5.41) is 6.64. The lowest BCUT2D eigenvalue weighted by Crippen LogP contribution is -2.09. The second kappa shape index (κ2) is 8.42. The summed E-state index contributed by atoms with van der Waals surface area (Å²) in [4.78, 5) is 26.7. The summed E-state index contributed by atoms with van der Waals surface area (Å²) >= 11 is 0. The third-order valence-corrected chi connectivity index (χ3v) is 4.95. The van der Waals surface area contributed by atoms with Crippen LogP contribution in [0.3, 0.4) is 0 Å². The number of hydrogen-bond donors (Lipinski definition) is 2. The van der Waals surface area contributed by atoms with Crippen molar-refractivity contribution in [2.24, 2.45) is 0 Å². The maximum absolute atomic E-state index is 4.55. The number of nitrogens with zero attached hydrogens (tertiary/aromatic N) is 8. The van der Waals surface area contributed by atoms with Gasteiger partial charge in [-0.25, -0.2) is 39.3 Å². The summed E-state index contributed by atoms with van der Waals surface area (Å²) in [5.74, 6) is 1.34. The van der Waals surface area contributed by atoms with E-state index in [1.165, 1.54) is 18.2 Å². The molecule has 0 aliphatic rings. The molecule has 2 N–H and O–H groups in total. The van der Waals surface area contributed by atoms with Crippen LogP contribution < -0.4 is 10.6 Å². The third kappa shape index (κ3) is 3.73. The fourth-order valence-corrected chi connectivity index (χ4v) is 3.35. The average Bonchev–Trinajstić information content (AvgIpc) is 3.43. The maximum atomic E-state index is 4.55. The van der Waals surface area contributed by atoms with Crippen LogP contribution in [0.2, 0.25) is 0 Å². The van der Waals surface area contributed by atoms with Gasteiger partial charge in [0.1, 0.15) is 25.3 Å². The van der Waals surface area contributed by atoms with Crippen molar-refractivity contribution in [3.05, 3.63) is 72.9 Å². The summed E-state index contributed by atoms with van der Waals surface area (Å²) in [6, 6.07) is 10.1. The van der Waals surface area contributed by atoms with E-state index >= 15 is 0 Å². The fraction of sp³-hybridized carbons (Fsp3) is 0.182. The van der Waals surface area contributed by atoms with Crippen LogP contribution in [0.1, 0.15) is 19.4 Å². The SMILES string of the molecule is CC(C)=CCNc1ncnc2c1ncn2-n1cnc2c(NCc3ccccc3)ncnc21. The minimum absolute atomic E-state index is 0.641. The van der Waals surface area contributed by atoms with Crippen molar-refractivity contribution in [3.8, 4) is 0 Å². The van der Waals surface area contributed by atoms with Crippen molar-refractivity contribution in [2.75, 3.05) is 17.2 Å². The Morgan fingerprint density at radius 3 is 1.97 bits per heavy atom. The topological polar surface area (TPSA) is 111 Å². The molecule has 0 unspecified atom stereocenters. The van der Waals surface area contributed by atoms with Gasteiger partial charge in [-0.1, -0.05) is 42.0 Å². The molecular formula is C22H22N10. The van der Waals surface area contributed by atoms with Gasteiger partial charge in [0, 0.05) is 13.1 Å². The highest BCUT2D eigenvalue weighted by Gasteiger charge is 2.15. The molecule has 4 aromatic heterocycles. The Balaban J connectivity index is 1.48. The van der Waals surface area contributed by atoms with Crippen molar-refractivity contribution < 1.29 is 0 Å². The first kappa shape index (κ1) is 19.6. The van der Waals surface area contributed by atoms with E-state index in [9.17, 15) is 0 Å².